The molecule has 0 saturated heterocycles. The highest BCUT2D eigenvalue weighted by molar-refractivity contribution is 14.1. The van der Waals surface area contributed by atoms with Crippen LogP contribution in [0.3, 0.4) is 0 Å². The Bertz CT molecular complexity index is 600. The predicted octanol–water partition coefficient (Wildman–Crippen LogP) is 8.28. The molecule has 2 N–H and O–H groups in total. The van der Waals surface area contributed by atoms with Crippen LogP contribution in [-0.2, 0) is 0 Å². The van der Waals surface area contributed by atoms with Crippen LogP contribution in [0.25, 0.3) is 0 Å². The second-order valence-corrected chi connectivity index (χ2v) is 11.1. The third kappa shape index (κ3) is 10.5. The fourth-order valence-corrected chi connectivity index (χ4v) is 5.16. The summed E-state index contributed by atoms with van der Waals surface area (Å²) in [5.74, 6) is 0.932. The summed E-state index contributed by atoms with van der Waals surface area (Å²) >= 11 is 2.45. The summed E-state index contributed by atoms with van der Waals surface area (Å²) in [6.45, 7) is 13.1. The van der Waals surface area contributed by atoms with E-state index in [1.54, 1.807) is 0 Å². The fraction of sp³-hybridized carbons (Fsp3) is 0.778. The second-order valence-electron chi connectivity index (χ2n) is 10.0. The monoisotopic (exact) mass is 530 g/mol. The highest BCUT2D eigenvalue weighted by Crippen LogP contribution is 2.36. The van der Waals surface area contributed by atoms with Crippen LogP contribution in [-0.4, -0.2) is 21.9 Å². The molecule has 0 amide bonds. The molecule has 0 bridgehead atoms. The number of aliphatic hydroxyl groups excluding tert-OH is 1. The number of aliphatic hydroxyl groups is 2. The zero-order valence-corrected chi connectivity index (χ0v) is 22.6. The molecule has 1 rings (SSSR count). The van der Waals surface area contributed by atoms with E-state index in [9.17, 15) is 10.2 Å². The Kier molecular flexibility index (Phi) is 13.1. The van der Waals surface area contributed by atoms with Crippen LogP contribution in [0.5, 0.6) is 0 Å². The van der Waals surface area contributed by atoms with Crippen molar-refractivity contribution < 1.29 is 10.2 Å². The Labute approximate surface area is 200 Å². The van der Waals surface area contributed by atoms with Gasteiger partial charge in [0.1, 0.15) is 0 Å². The molecule has 0 aromatic carbocycles. The van der Waals surface area contributed by atoms with Crippen molar-refractivity contribution in [1.82, 2.24) is 0 Å². The molecular formula is C27H47IO2. The van der Waals surface area contributed by atoms with Gasteiger partial charge in [-0.15, -0.1) is 0 Å². The molecule has 1 aliphatic carbocycles. The van der Waals surface area contributed by atoms with E-state index in [0.29, 0.717) is 5.92 Å². The van der Waals surface area contributed by atoms with Crippen molar-refractivity contribution >= 4 is 22.6 Å². The van der Waals surface area contributed by atoms with E-state index in [2.05, 4.69) is 69.4 Å². The predicted molar refractivity (Wildman–Crippen MR) is 140 cm³/mol. The number of hydrogen-bond donors (Lipinski definition) is 2. The minimum atomic E-state index is -0.493. The number of halogens is 1. The van der Waals surface area contributed by atoms with Gasteiger partial charge in [-0.25, -0.2) is 0 Å². The van der Waals surface area contributed by atoms with Crippen LogP contribution < -0.4 is 0 Å². The van der Waals surface area contributed by atoms with Crippen molar-refractivity contribution in [1.29, 1.82) is 0 Å². The first kappa shape index (κ1) is 27.9. The molecule has 0 saturated carbocycles. The highest BCUT2D eigenvalue weighted by Gasteiger charge is 2.23. The van der Waals surface area contributed by atoms with Gasteiger partial charge in [-0.3, -0.25) is 0 Å². The van der Waals surface area contributed by atoms with E-state index >= 15 is 0 Å². The van der Waals surface area contributed by atoms with E-state index < -0.39 is 5.60 Å². The summed E-state index contributed by atoms with van der Waals surface area (Å²) in [4.78, 5) is 0. The van der Waals surface area contributed by atoms with Crippen molar-refractivity contribution in [3.63, 3.8) is 0 Å². The molecule has 3 heteroatoms. The Morgan fingerprint density at radius 2 is 1.90 bits per heavy atom. The smallest absolute Gasteiger partial charge is 0.0789 e. The molecule has 0 aliphatic heterocycles. The van der Waals surface area contributed by atoms with Gasteiger partial charge in [0.2, 0.25) is 0 Å². The summed E-state index contributed by atoms with van der Waals surface area (Å²) in [6, 6.07) is 0. The molecule has 4 atom stereocenters. The molecule has 0 heterocycles. The molecule has 0 aromatic rings. The molecule has 0 radical (unpaired) electrons. The third-order valence-corrected chi connectivity index (χ3v) is 8.40. The average molecular weight is 531 g/mol. The largest absolute Gasteiger partial charge is 0.390 e. The zero-order valence-electron chi connectivity index (χ0n) is 20.4. The highest BCUT2D eigenvalue weighted by atomic mass is 127. The van der Waals surface area contributed by atoms with Crippen molar-refractivity contribution in [3.8, 4) is 0 Å². The molecule has 2 nitrogen and oxygen atoms in total. The van der Waals surface area contributed by atoms with E-state index in [1.807, 2.05) is 6.92 Å². The summed E-state index contributed by atoms with van der Waals surface area (Å²) in [7, 11) is 0. The number of allylic oxidation sites excluding steroid dienone is 4. The van der Waals surface area contributed by atoms with Gasteiger partial charge >= 0.3 is 0 Å². The first-order valence-electron chi connectivity index (χ1n) is 12.2. The van der Waals surface area contributed by atoms with Crippen LogP contribution in [0.1, 0.15) is 112 Å². The van der Waals surface area contributed by atoms with E-state index in [4.69, 9.17) is 0 Å². The summed E-state index contributed by atoms with van der Waals surface area (Å²) in [5.41, 5.74) is 3.64. The van der Waals surface area contributed by atoms with Gasteiger partial charge in [-0.2, -0.15) is 0 Å². The molecule has 0 fully saturated rings. The Balaban J connectivity index is 2.29. The molecule has 174 valence electrons. The van der Waals surface area contributed by atoms with Gasteiger partial charge in [-0.05, 0) is 106 Å². The van der Waals surface area contributed by atoms with Gasteiger partial charge in [0.05, 0.1) is 11.7 Å². The maximum atomic E-state index is 10.5. The minimum absolute atomic E-state index is 0.242. The van der Waals surface area contributed by atoms with E-state index in [0.717, 1.165) is 44.9 Å². The quantitative estimate of drug-likeness (QED) is 0.135. The average Bonchev–Trinajstić information content (AvgIpc) is 2.68. The molecule has 0 aromatic heterocycles. The summed E-state index contributed by atoms with van der Waals surface area (Å²) in [6.07, 6.45) is 16.4. The van der Waals surface area contributed by atoms with Gasteiger partial charge in [-0.1, -0.05) is 63.3 Å². The lowest BCUT2D eigenvalue weighted by atomic mass is 9.86. The lowest BCUT2D eigenvalue weighted by Gasteiger charge is -2.26. The molecule has 30 heavy (non-hydrogen) atoms. The van der Waals surface area contributed by atoms with Gasteiger partial charge in [0.25, 0.3) is 0 Å². The van der Waals surface area contributed by atoms with Crippen molar-refractivity contribution in [2.45, 2.75) is 124 Å². The molecule has 4 unspecified atom stereocenters. The molecule has 0 spiro atoms. The maximum absolute atomic E-state index is 10.5. The fourth-order valence-electron chi connectivity index (χ4n) is 4.22. The van der Waals surface area contributed by atoms with Crippen LogP contribution in [0.15, 0.2) is 32.5 Å². The lowest BCUT2D eigenvalue weighted by molar-refractivity contribution is 0.0375. The Morgan fingerprint density at radius 1 is 1.23 bits per heavy atom. The Hall–Kier alpha value is -0.130. The van der Waals surface area contributed by atoms with Gasteiger partial charge < -0.3 is 10.2 Å². The number of rotatable bonds is 14. The minimum Gasteiger partial charge on any atom is -0.390 e. The normalized spacial score (nSPS) is 23.4. The van der Waals surface area contributed by atoms with Crippen molar-refractivity contribution in [2.24, 2.45) is 11.8 Å². The van der Waals surface area contributed by atoms with Crippen molar-refractivity contribution in [3.05, 3.63) is 32.5 Å². The van der Waals surface area contributed by atoms with E-state index in [1.165, 1.54) is 46.0 Å². The van der Waals surface area contributed by atoms with Crippen molar-refractivity contribution in [2.75, 3.05) is 0 Å². The van der Waals surface area contributed by atoms with E-state index in [-0.39, 0.29) is 12.0 Å². The third-order valence-electron chi connectivity index (χ3n) is 6.86. The standard InChI is InChI=1S/C27H47IO2/c1-7-8-9-17-27(6,30)18-11-14-20(2)12-10-13-21(3)15-16-24-19-25(29)22(4)23(5)26(24)28/h12,19,21-22,25,29-30H,7-11,13-18H2,1-6H3/b20-12+. The molecule has 1 aliphatic rings. The first-order valence-corrected chi connectivity index (χ1v) is 13.3. The molecular weight excluding hydrogens is 483 g/mol. The Morgan fingerprint density at radius 3 is 2.57 bits per heavy atom. The first-order chi connectivity index (χ1) is 14.1. The maximum Gasteiger partial charge on any atom is 0.0789 e. The summed E-state index contributed by atoms with van der Waals surface area (Å²) in [5, 5.41) is 20.7. The number of unbranched alkanes of at least 4 members (excludes halogenated alkanes) is 2. The van der Waals surface area contributed by atoms with Crippen LogP contribution in [0, 0.1) is 11.8 Å². The van der Waals surface area contributed by atoms with Crippen LogP contribution in [0.2, 0.25) is 0 Å². The lowest BCUT2D eigenvalue weighted by Crippen LogP contribution is -2.23. The van der Waals surface area contributed by atoms with Crippen LogP contribution >= 0.6 is 22.6 Å². The van der Waals surface area contributed by atoms with Crippen LogP contribution in [0.4, 0.5) is 0 Å². The van der Waals surface area contributed by atoms with Gasteiger partial charge in [0, 0.05) is 9.50 Å². The second kappa shape index (κ2) is 14.1. The number of hydrogen-bond acceptors (Lipinski definition) is 2. The topological polar surface area (TPSA) is 40.5 Å². The zero-order chi connectivity index (χ0) is 22.7. The SMILES string of the molecule is CCCCCC(C)(O)CCC/C(C)=C/CCC(C)CCC1=CC(O)C(C)C(C)=C1I. The summed E-state index contributed by atoms with van der Waals surface area (Å²) < 4.78 is 1.36. The van der Waals surface area contributed by atoms with Gasteiger partial charge in [0.15, 0.2) is 0 Å².